The van der Waals surface area contributed by atoms with Gasteiger partial charge in [0.15, 0.2) is 30.3 Å². The van der Waals surface area contributed by atoms with Crippen molar-refractivity contribution in [3.8, 4) is 11.3 Å². The first-order valence-corrected chi connectivity index (χ1v) is 29.0. The molecule has 0 spiro atoms. The SMILES string of the molecule is CC(=O)O.CC1=C[C@@H](C(=O)O)N(C(=O)OC(C)(C)C)C1.CC1=C[C@@H](C(=O)OCC(=O)c2ccc(Br)cc2)N(C(=O)OC(C)(C)C)C1.CC1=C[C@@H](c2ncc(-c3ccc(Br)cc3)[nH]2)N(C(=O)OC(C)(C)C)C1.N.O=C(CBr)c1ccc(Br)cc1. The van der Waals surface area contributed by atoms with Crippen molar-refractivity contribution in [2.45, 2.75) is 125 Å². The monoisotopic (exact) mass is 1410 g/mol. The molecule has 20 nitrogen and oxygen atoms in total. The molecule has 3 atom stereocenters. The Morgan fingerprint density at radius 1 is 0.578 bits per heavy atom. The standard InChI is InChI=1S/C19H22BrN3O2.C19H22BrNO5.C11H17NO4.C8H6Br2O.C2H4O2.H3N/c1-12-9-16(23(11-12)18(24)25-19(2,3)4)17-21-10-15(22-17)13-5-7-14(20)8-6-13;1-12-9-15(21(10-12)18(24)26-19(2,3)4)17(23)25-11-16(22)13-5-7-14(20)8-6-13;1-7-5-8(9(13)14)12(6-7)10(15)16-11(2,3)4;9-5-8(11)6-1-3-7(10)4-2-6;1-2(3)4;/h5-10,16H,11H2,1-4H3,(H,21,22);5-9,15H,10-11H2,1-4H3;5,8H,6H2,1-4H3,(H,13,14);1-4H,5H2;1H3,(H,3,4);1H3/t16-;15-;8-;;;/m000.../s1. The number of carbonyl (C=O) groups is 8. The minimum Gasteiger partial charge on any atom is -0.481 e. The number of Topliss-reactive ketones (excluding diaryl/α,β-unsaturated/α-hetero) is 2. The number of hydrogen-bond acceptors (Lipinski definition) is 14. The number of H-pyrrole nitrogens is 1. The van der Waals surface area contributed by atoms with Gasteiger partial charge in [0, 0.05) is 51.1 Å². The fourth-order valence-corrected chi connectivity index (χ4v) is 8.49. The van der Waals surface area contributed by atoms with Crippen LogP contribution in [-0.4, -0.2) is 143 Å². The lowest BCUT2D eigenvalue weighted by molar-refractivity contribution is -0.146. The van der Waals surface area contributed by atoms with Crippen LogP contribution in [0.3, 0.4) is 0 Å². The number of aromatic nitrogens is 2. The molecule has 7 rings (SSSR count). The lowest BCUT2D eigenvalue weighted by Crippen LogP contribution is -2.44. The lowest BCUT2D eigenvalue weighted by Gasteiger charge is -2.27. The van der Waals surface area contributed by atoms with E-state index in [4.69, 9.17) is 34.0 Å². The zero-order valence-electron chi connectivity index (χ0n) is 48.8. The van der Waals surface area contributed by atoms with Gasteiger partial charge in [0.2, 0.25) is 0 Å². The molecular formula is C59H74Br4N6O14. The van der Waals surface area contributed by atoms with Crippen LogP contribution in [0.5, 0.6) is 0 Å². The van der Waals surface area contributed by atoms with Gasteiger partial charge in [-0.3, -0.25) is 29.1 Å². The first kappa shape index (κ1) is 72.6. The molecule has 6 N–H and O–H groups in total. The molecule has 24 heteroatoms. The summed E-state index contributed by atoms with van der Waals surface area (Å²) in [6.45, 7) is 23.6. The van der Waals surface area contributed by atoms with Crippen LogP contribution < -0.4 is 6.15 Å². The Morgan fingerprint density at radius 3 is 1.35 bits per heavy atom. The van der Waals surface area contributed by atoms with Gasteiger partial charge in [-0.1, -0.05) is 135 Å². The predicted octanol–water partition coefficient (Wildman–Crippen LogP) is 13.7. The van der Waals surface area contributed by atoms with Gasteiger partial charge in [-0.05, 0) is 125 Å². The number of carbonyl (C=O) groups excluding carboxylic acids is 6. The first-order chi connectivity index (χ1) is 38.0. The van der Waals surface area contributed by atoms with Gasteiger partial charge in [0.25, 0.3) is 5.97 Å². The van der Waals surface area contributed by atoms with Crippen LogP contribution in [0.4, 0.5) is 14.4 Å². The van der Waals surface area contributed by atoms with E-state index in [0.717, 1.165) is 59.7 Å². The van der Waals surface area contributed by atoms with E-state index < -0.39 is 59.0 Å². The number of rotatable bonds is 9. The van der Waals surface area contributed by atoms with E-state index in [0.29, 0.717) is 24.0 Å². The number of nitrogens with one attached hydrogen (secondary N) is 1. The summed E-state index contributed by atoms with van der Waals surface area (Å²) in [5.74, 6) is -1.99. The van der Waals surface area contributed by atoms with E-state index in [1.807, 2.05) is 77.1 Å². The summed E-state index contributed by atoms with van der Waals surface area (Å²) in [5, 5.41) is 16.8. The summed E-state index contributed by atoms with van der Waals surface area (Å²) in [6.07, 6.45) is 5.55. The summed E-state index contributed by atoms with van der Waals surface area (Å²) < 4.78 is 24.0. The maximum Gasteiger partial charge on any atom is 0.411 e. The highest BCUT2D eigenvalue weighted by Gasteiger charge is 2.38. The Kier molecular flexibility index (Phi) is 28.5. The molecule has 3 aromatic carbocycles. The molecular weight excluding hydrogens is 1340 g/mol. The number of benzene rings is 3. The fraction of sp³-hybridized carbons (Fsp3) is 0.407. The highest BCUT2D eigenvalue weighted by molar-refractivity contribution is 9.11. The molecule has 0 aliphatic carbocycles. The third-order valence-electron chi connectivity index (χ3n) is 10.8. The normalized spacial score (nSPS) is 16.1. The number of imidazole rings is 1. The Balaban J connectivity index is 0.000000383. The molecule has 0 radical (unpaired) electrons. The molecule has 4 heterocycles. The van der Waals surface area contributed by atoms with Crippen molar-refractivity contribution in [1.82, 2.24) is 30.8 Å². The van der Waals surface area contributed by atoms with E-state index >= 15 is 0 Å². The number of hydrogen-bond donors (Lipinski definition) is 4. The highest BCUT2D eigenvalue weighted by atomic mass is 79.9. The van der Waals surface area contributed by atoms with Crippen LogP contribution in [-0.2, 0) is 33.3 Å². The molecule has 0 unspecified atom stereocenters. The number of amides is 3. The zero-order valence-corrected chi connectivity index (χ0v) is 55.2. The summed E-state index contributed by atoms with van der Waals surface area (Å²) in [6, 6.07) is 20.1. The van der Waals surface area contributed by atoms with Crippen molar-refractivity contribution >= 4 is 111 Å². The third-order valence-corrected chi connectivity index (χ3v) is 12.9. The van der Waals surface area contributed by atoms with Crippen LogP contribution in [0.15, 0.2) is 127 Å². The molecule has 3 amide bonds. The number of aliphatic carboxylic acids is 2. The van der Waals surface area contributed by atoms with Crippen LogP contribution in [0.1, 0.15) is 123 Å². The Labute approximate surface area is 518 Å². The number of halogens is 4. The number of ether oxygens (including phenoxy) is 4. The lowest BCUT2D eigenvalue weighted by atomic mass is 10.1. The molecule has 0 saturated heterocycles. The van der Waals surface area contributed by atoms with Crippen LogP contribution in [0, 0.1) is 0 Å². The smallest absolute Gasteiger partial charge is 0.411 e. The summed E-state index contributed by atoms with van der Waals surface area (Å²) >= 11 is 13.1. The van der Waals surface area contributed by atoms with E-state index in [9.17, 15) is 33.6 Å². The highest BCUT2D eigenvalue weighted by Crippen LogP contribution is 2.32. The van der Waals surface area contributed by atoms with Gasteiger partial charge in [-0.25, -0.2) is 29.0 Å². The average Bonchev–Trinajstić information content (AvgIpc) is 4.21. The van der Waals surface area contributed by atoms with Gasteiger partial charge < -0.3 is 40.3 Å². The summed E-state index contributed by atoms with van der Waals surface area (Å²) in [7, 11) is 0. The van der Waals surface area contributed by atoms with Crippen molar-refractivity contribution in [2.24, 2.45) is 0 Å². The second kappa shape index (κ2) is 32.6. The maximum atomic E-state index is 12.5. The molecule has 4 aromatic rings. The molecule has 3 aliphatic rings. The van der Waals surface area contributed by atoms with Crippen molar-refractivity contribution < 1.29 is 67.5 Å². The third kappa shape index (κ3) is 25.5. The number of carboxylic acid groups (broad SMARTS) is 2. The molecule has 1 aromatic heterocycles. The quantitative estimate of drug-likeness (QED) is 0.0398. The maximum absolute atomic E-state index is 12.5. The fourth-order valence-electron chi connectivity index (χ4n) is 7.38. The summed E-state index contributed by atoms with van der Waals surface area (Å²) in [4.78, 5) is 104. The molecule has 0 saturated carbocycles. The number of ketones is 2. The van der Waals surface area contributed by atoms with Crippen LogP contribution >= 0.6 is 63.7 Å². The van der Waals surface area contributed by atoms with E-state index in [2.05, 4.69) is 73.7 Å². The summed E-state index contributed by atoms with van der Waals surface area (Å²) in [5.41, 5.74) is 4.19. The number of aromatic amines is 1. The molecule has 452 valence electrons. The predicted molar refractivity (Wildman–Crippen MR) is 330 cm³/mol. The van der Waals surface area contributed by atoms with Crippen LogP contribution in [0.2, 0.25) is 0 Å². The topological polar surface area (TPSA) is 287 Å². The number of nitrogens with zero attached hydrogens (tertiary/aromatic N) is 4. The van der Waals surface area contributed by atoms with E-state index in [-0.39, 0.29) is 43.0 Å². The number of carboxylic acids is 2. The second-order valence-corrected chi connectivity index (χ2v) is 25.2. The van der Waals surface area contributed by atoms with Gasteiger partial charge in [-0.15, -0.1) is 0 Å². The molecule has 83 heavy (non-hydrogen) atoms. The van der Waals surface area contributed by atoms with Crippen LogP contribution in [0.25, 0.3) is 11.3 Å². The molecule has 3 aliphatic heterocycles. The zero-order chi connectivity index (χ0) is 62.0. The first-order valence-electron chi connectivity index (χ1n) is 25.5. The second-order valence-electron chi connectivity index (χ2n) is 21.8. The van der Waals surface area contributed by atoms with Gasteiger partial charge in [0.1, 0.15) is 28.7 Å². The van der Waals surface area contributed by atoms with Crippen molar-refractivity contribution in [3.05, 3.63) is 144 Å². The Morgan fingerprint density at radius 2 is 0.940 bits per heavy atom. The largest absolute Gasteiger partial charge is 0.481 e. The number of alkyl halides is 1. The Hall–Kier alpha value is -6.47. The average molecular weight is 1410 g/mol. The Bertz CT molecular complexity index is 2990. The van der Waals surface area contributed by atoms with Gasteiger partial charge >= 0.3 is 30.2 Å². The van der Waals surface area contributed by atoms with Crippen molar-refractivity contribution in [1.29, 1.82) is 0 Å². The molecule has 0 bridgehead atoms. The van der Waals surface area contributed by atoms with E-state index in [1.165, 1.54) is 9.80 Å². The minimum absolute atomic E-state index is 0. The van der Waals surface area contributed by atoms with Crippen molar-refractivity contribution in [2.75, 3.05) is 31.6 Å². The van der Waals surface area contributed by atoms with E-state index in [1.54, 1.807) is 108 Å². The molecule has 0 fully saturated rings. The van der Waals surface area contributed by atoms with Gasteiger partial charge in [0.05, 0.1) is 17.2 Å². The minimum atomic E-state index is -1.04. The van der Waals surface area contributed by atoms with Gasteiger partial charge in [-0.2, -0.15) is 0 Å². The van der Waals surface area contributed by atoms with Crippen molar-refractivity contribution in [3.63, 3.8) is 0 Å². The number of esters is 1.